The van der Waals surface area contributed by atoms with Crippen molar-refractivity contribution in [1.82, 2.24) is 4.98 Å². The van der Waals surface area contributed by atoms with E-state index in [1.807, 2.05) is 0 Å². The third kappa shape index (κ3) is 1.88. The molecule has 0 unspecified atom stereocenters. The highest BCUT2D eigenvalue weighted by atomic mass is 16.6. The molecule has 1 fully saturated rings. The van der Waals surface area contributed by atoms with E-state index in [2.05, 4.69) is 4.98 Å². The minimum Gasteiger partial charge on any atom is -0.360 e. The lowest BCUT2D eigenvalue weighted by atomic mass is 10.0. The Kier molecular flexibility index (Phi) is 2.40. The molecular formula is C13H12N2O3. The summed E-state index contributed by atoms with van der Waals surface area (Å²) in [6.07, 6.45) is 4.52. The Morgan fingerprint density at radius 2 is 2.22 bits per heavy atom. The highest BCUT2D eigenvalue weighted by Gasteiger charge is 2.26. The van der Waals surface area contributed by atoms with Crippen molar-refractivity contribution >= 4 is 22.4 Å². The summed E-state index contributed by atoms with van der Waals surface area (Å²) < 4.78 is 0. The highest BCUT2D eigenvalue weighted by Crippen LogP contribution is 2.34. The molecule has 18 heavy (non-hydrogen) atoms. The van der Waals surface area contributed by atoms with Crippen molar-refractivity contribution in [3.05, 3.63) is 40.1 Å². The molecule has 1 saturated carbocycles. The van der Waals surface area contributed by atoms with Gasteiger partial charge in [0.2, 0.25) is 0 Å². The molecule has 1 aromatic heterocycles. The van der Waals surface area contributed by atoms with Crippen molar-refractivity contribution in [3.63, 3.8) is 0 Å². The third-order valence-electron chi connectivity index (χ3n) is 3.35. The molecule has 1 N–H and O–H groups in total. The van der Waals surface area contributed by atoms with Gasteiger partial charge in [0.25, 0.3) is 5.69 Å². The van der Waals surface area contributed by atoms with E-state index in [-0.39, 0.29) is 11.5 Å². The molecule has 3 rings (SSSR count). The van der Waals surface area contributed by atoms with Crippen LogP contribution in [0.25, 0.3) is 10.9 Å². The van der Waals surface area contributed by atoms with Crippen LogP contribution in [0.2, 0.25) is 0 Å². The fourth-order valence-corrected chi connectivity index (χ4v) is 2.15. The Morgan fingerprint density at radius 3 is 2.89 bits per heavy atom. The van der Waals surface area contributed by atoms with Crippen LogP contribution in [-0.2, 0) is 0 Å². The molecular weight excluding hydrogens is 232 g/mol. The lowest BCUT2D eigenvalue weighted by molar-refractivity contribution is -0.384. The van der Waals surface area contributed by atoms with Crippen LogP contribution < -0.4 is 0 Å². The van der Waals surface area contributed by atoms with Gasteiger partial charge < -0.3 is 4.98 Å². The number of Topliss-reactive ketones (excluding diaryl/α,β-unsaturated/α-hetero) is 1. The number of rotatable bonds is 4. The number of benzene rings is 1. The number of nitrogens with zero attached hydrogens (tertiary/aromatic N) is 1. The number of nitrogens with one attached hydrogen (secondary N) is 1. The minimum absolute atomic E-state index is 0.0329. The van der Waals surface area contributed by atoms with Gasteiger partial charge in [-0.15, -0.1) is 0 Å². The number of nitro benzene ring substituents is 1. The summed E-state index contributed by atoms with van der Waals surface area (Å²) in [5.41, 5.74) is 1.32. The van der Waals surface area contributed by atoms with E-state index in [0.29, 0.717) is 23.4 Å². The quantitative estimate of drug-likeness (QED) is 0.510. The number of nitro groups is 1. The fourth-order valence-electron chi connectivity index (χ4n) is 2.15. The van der Waals surface area contributed by atoms with E-state index < -0.39 is 4.92 Å². The van der Waals surface area contributed by atoms with Crippen molar-refractivity contribution in [2.24, 2.45) is 5.92 Å². The zero-order chi connectivity index (χ0) is 12.7. The lowest BCUT2D eigenvalue weighted by Crippen LogP contribution is -1.98. The molecule has 2 aromatic rings. The molecule has 1 aromatic carbocycles. The van der Waals surface area contributed by atoms with Gasteiger partial charge in [-0.1, -0.05) is 0 Å². The van der Waals surface area contributed by atoms with Crippen LogP contribution in [0.15, 0.2) is 24.4 Å². The Hall–Kier alpha value is -2.17. The van der Waals surface area contributed by atoms with Gasteiger partial charge in [0.05, 0.1) is 10.4 Å². The van der Waals surface area contributed by atoms with Crippen molar-refractivity contribution in [2.75, 3.05) is 0 Å². The molecule has 5 heteroatoms. The standard InChI is InChI=1S/C13H12N2O3/c16-13(5-8-1-2-8)11-7-14-12-6-9(15(17)18)3-4-10(11)12/h3-4,6-8,14H,1-2,5H2. The Morgan fingerprint density at radius 1 is 1.44 bits per heavy atom. The van der Waals surface area contributed by atoms with E-state index >= 15 is 0 Å². The Bertz CT molecular complexity index is 641. The zero-order valence-corrected chi connectivity index (χ0v) is 9.68. The van der Waals surface area contributed by atoms with E-state index in [1.54, 1.807) is 12.3 Å². The zero-order valence-electron chi connectivity index (χ0n) is 9.68. The molecule has 0 amide bonds. The summed E-state index contributed by atoms with van der Waals surface area (Å²) in [7, 11) is 0. The Labute approximate surface area is 103 Å². The normalized spacial score (nSPS) is 14.9. The van der Waals surface area contributed by atoms with Gasteiger partial charge in [0.1, 0.15) is 0 Å². The molecule has 5 nitrogen and oxygen atoms in total. The summed E-state index contributed by atoms with van der Waals surface area (Å²) in [5.74, 6) is 0.665. The van der Waals surface area contributed by atoms with Crippen LogP contribution in [0.1, 0.15) is 29.6 Å². The van der Waals surface area contributed by atoms with Crippen LogP contribution in [0, 0.1) is 16.0 Å². The molecule has 0 saturated heterocycles. The van der Waals surface area contributed by atoms with Gasteiger partial charge in [0, 0.05) is 35.7 Å². The average Bonchev–Trinajstić information content (AvgIpc) is 3.05. The third-order valence-corrected chi connectivity index (χ3v) is 3.35. The van der Waals surface area contributed by atoms with E-state index in [4.69, 9.17) is 0 Å². The second-order valence-corrected chi connectivity index (χ2v) is 4.76. The van der Waals surface area contributed by atoms with Crippen LogP contribution in [-0.4, -0.2) is 15.7 Å². The van der Waals surface area contributed by atoms with E-state index in [1.165, 1.54) is 12.1 Å². The number of carbonyl (C=O) groups excluding carboxylic acids is 1. The van der Waals surface area contributed by atoms with Crippen LogP contribution in [0.5, 0.6) is 0 Å². The van der Waals surface area contributed by atoms with Gasteiger partial charge in [0.15, 0.2) is 5.78 Å². The first-order valence-corrected chi connectivity index (χ1v) is 5.94. The number of hydrogen-bond donors (Lipinski definition) is 1. The molecule has 0 atom stereocenters. The molecule has 0 aliphatic heterocycles. The van der Waals surface area contributed by atoms with Gasteiger partial charge >= 0.3 is 0 Å². The largest absolute Gasteiger partial charge is 0.360 e. The van der Waals surface area contributed by atoms with Gasteiger partial charge in [-0.05, 0) is 24.8 Å². The maximum Gasteiger partial charge on any atom is 0.271 e. The van der Waals surface area contributed by atoms with Crippen LogP contribution in [0.3, 0.4) is 0 Å². The molecule has 1 aliphatic rings. The van der Waals surface area contributed by atoms with Crippen molar-refractivity contribution in [3.8, 4) is 0 Å². The number of aromatic nitrogens is 1. The lowest BCUT2D eigenvalue weighted by Gasteiger charge is -1.97. The van der Waals surface area contributed by atoms with Crippen molar-refractivity contribution in [1.29, 1.82) is 0 Å². The molecule has 92 valence electrons. The second-order valence-electron chi connectivity index (χ2n) is 4.76. The first kappa shape index (κ1) is 11.0. The summed E-state index contributed by atoms with van der Waals surface area (Å²) in [4.78, 5) is 25.2. The minimum atomic E-state index is -0.439. The van der Waals surface area contributed by atoms with Crippen molar-refractivity contribution in [2.45, 2.75) is 19.3 Å². The van der Waals surface area contributed by atoms with Crippen molar-refractivity contribution < 1.29 is 9.72 Å². The van der Waals surface area contributed by atoms with E-state index in [0.717, 1.165) is 18.2 Å². The predicted octanol–water partition coefficient (Wildman–Crippen LogP) is 3.06. The van der Waals surface area contributed by atoms with Gasteiger partial charge in [-0.2, -0.15) is 0 Å². The number of carbonyl (C=O) groups is 1. The van der Waals surface area contributed by atoms with E-state index in [9.17, 15) is 14.9 Å². The number of aromatic amines is 1. The maximum absolute atomic E-state index is 12.0. The predicted molar refractivity (Wildman–Crippen MR) is 66.6 cm³/mol. The molecule has 0 spiro atoms. The van der Waals surface area contributed by atoms with Crippen LogP contribution in [0.4, 0.5) is 5.69 Å². The maximum atomic E-state index is 12.0. The summed E-state index contributed by atoms with van der Waals surface area (Å²) in [5, 5.41) is 11.4. The summed E-state index contributed by atoms with van der Waals surface area (Å²) >= 11 is 0. The molecule has 0 bridgehead atoms. The Balaban J connectivity index is 1.98. The number of fused-ring (bicyclic) bond motifs is 1. The van der Waals surface area contributed by atoms with Crippen LogP contribution >= 0.6 is 0 Å². The first-order chi connectivity index (χ1) is 8.65. The number of non-ortho nitro benzene ring substituents is 1. The average molecular weight is 244 g/mol. The summed E-state index contributed by atoms with van der Waals surface area (Å²) in [6, 6.07) is 4.54. The second kappa shape index (κ2) is 3.94. The molecule has 1 aliphatic carbocycles. The highest BCUT2D eigenvalue weighted by molar-refractivity contribution is 6.08. The first-order valence-electron chi connectivity index (χ1n) is 5.94. The topological polar surface area (TPSA) is 76.0 Å². The fraction of sp³-hybridized carbons (Fsp3) is 0.308. The van der Waals surface area contributed by atoms with Gasteiger partial charge in [-0.3, -0.25) is 14.9 Å². The number of H-pyrrole nitrogens is 1. The van der Waals surface area contributed by atoms with Gasteiger partial charge in [-0.25, -0.2) is 0 Å². The summed E-state index contributed by atoms with van der Waals surface area (Å²) in [6.45, 7) is 0. The number of hydrogen-bond acceptors (Lipinski definition) is 3. The molecule has 0 radical (unpaired) electrons. The number of ketones is 1. The smallest absolute Gasteiger partial charge is 0.271 e. The molecule has 1 heterocycles. The monoisotopic (exact) mass is 244 g/mol. The SMILES string of the molecule is O=C(CC1CC1)c1c[nH]c2cc([N+](=O)[O-])ccc12.